The lowest BCUT2D eigenvalue weighted by Gasteiger charge is -2.36. The van der Waals surface area contributed by atoms with E-state index < -0.39 is 6.04 Å². The van der Waals surface area contributed by atoms with Gasteiger partial charge < -0.3 is 29.7 Å². The summed E-state index contributed by atoms with van der Waals surface area (Å²) in [5, 5.41) is 13.0. The number of fused-ring (bicyclic) bond motifs is 1. The van der Waals surface area contributed by atoms with Crippen molar-refractivity contribution in [3.63, 3.8) is 0 Å². The third-order valence-corrected chi connectivity index (χ3v) is 7.98. The van der Waals surface area contributed by atoms with E-state index in [0.29, 0.717) is 35.7 Å². The Kier molecular flexibility index (Phi) is 12.0. The molecule has 0 fully saturated rings. The normalized spacial score (nSPS) is 20.2. The second-order valence-electron chi connectivity index (χ2n) is 11.6. The molecular weight excluding hydrogens is 574 g/mol. The molecule has 3 heterocycles. The van der Waals surface area contributed by atoms with Crippen molar-refractivity contribution in [2.75, 3.05) is 38.7 Å². The van der Waals surface area contributed by atoms with Crippen molar-refractivity contribution in [2.24, 2.45) is 5.92 Å². The molecule has 0 saturated carbocycles. The number of likely N-dealkylation sites (N-methyl/N-ethyl adjacent to an activating group) is 1. The minimum absolute atomic E-state index is 0.148. The van der Waals surface area contributed by atoms with E-state index in [1.165, 1.54) is 12.4 Å². The van der Waals surface area contributed by atoms with Crippen molar-refractivity contribution in [2.45, 2.75) is 58.3 Å². The molecule has 240 valence electrons. The van der Waals surface area contributed by atoms with Gasteiger partial charge in [-0.05, 0) is 75.6 Å². The van der Waals surface area contributed by atoms with Crippen molar-refractivity contribution in [3.8, 4) is 5.75 Å². The summed E-state index contributed by atoms with van der Waals surface area (Å²) in [5.74, 6) is -0.617. The van der Waals surface area contributed by atoms with Gasteiger partial charge in [-0.3, -0.25) is 24.4 Å². The number of aromatic nitrogens is 2. The van der Waals surface area contributed by atoms with Crippen LogP contribution in [-0.2, 0) is 4.74 Å². The fourth-order valence-electron chi connectivity index (χ4n) is 5.24. The minimum atomic E-state index is -0.523. The summed E-state index contributed by atoms with van der Waals surface area (Å²) in [4.78, 5) is 51.5. The Morgan fingerprint density at radius 3 is 2.38 bits per heavy atom. The first-order valence-corrected chi connectivity index (χ1v) is 15.4. The van der Waals surface area contributed by atoms with Crippen LogP contribution in [0.1, 0.15) is 71.1 Å². The number of nitrogens with zero attached hydrogens (tertiary/aromatic N) is 4. The predicted octanol–water partition coefficient (Wildman–Crippen LogP) is 4.30. The van der Waals surface area contributed by atoms with E-state index in [9.17, 15) is 19.5 Å². The van der Waals surface area contributed by atoms with Gasteiger partial charge in [0.25, 0.3) is 17.7 Å². The van der Waals surface area contributed by atoms with Crippen LogP contribution in [0.2, 0.25) is 0 Å². The SMILES string of the molecule is C[C@@H]1CCCCO[C@H](CN(C)C(=O)c2ccncc2)[C@H](C)CN([C@@H](C)CO)C(=O)c2cc(NC(=O)c3ccncc3)ccc2O1. The molecule has 0 bridgehead atoms. The molecule has 3 aromatic rings. The lowest BCUT2D eigenvalue weighted by Crippen LogP contribution is -2.48. The molecule has 11 nitrogen and oxygen atoms in total. The van der Waals surface area contributed by atoms with Crippen molar-refractivity contribution in [1.29, 1.82) is 0 Å². The number of ether oxygens (including phenoxy) is 2. The second kappa shape index (κ2) is 16.1. The Bertz CT molecular complexity index is 1420. The van der Waals surface area contributed by atoms with E-state index in [2.05, 4.69) is 15.3 Å². The molecule has 0 aliphatic carbocycles. The average Bonchev–Trinajstić information content (AvgIpc) is 3.06. The van der Waals surface area contributed by atoms with Gasteiger partial charge in [-0.25, -0.2) is 0 Å². The highest BCUT2D eigenvalue weighted by molar-refractivity contribution is 6.05. The van der Waals surface area contributed by atoms with Crippen molar-refractivity contribution < 1.29 is 29.0 Å². The van der Waals surface area contributed by atoms with E-state index in [-0.39, 0.29) is 54.6 Å². The van der Waals surface area contributed by atoms with Crippen LogP contribution in [0.15, 0.2) is 67.3 Å². The van der Waals surface area contributed by atoms with Gasteiger partial charge in [0.15, 0.2) is 0 Å². The summed E-state index contributed by atoms with van der Waals surface area (Å²) in [6.45, 7) is 6.54. The van der Waals surface area contributed by atoms with Crippen molar-refractivity contribution in [3.05, 3.63) is 83.9 Å². The van der Waals surface area contributed by atoms with Crippen LogP contribution in [0, 0.1) is 5.92 Å². The number of hydrogen-bond acceptors (Lipinski definition) is 8. The first-order chi connectivity index (χ1) is 21.7. The second-order valence-corrected chi connectivity index (χ2v) is 11.6. The van der Waals surface area contributed by atoms with Crippen LogP contribution < -0.4 is 10.1 Å². The topological polar surface area (TPSA) is 134 Å². The standard InChI is InChI=1S/C34H43N5O6/c1-23-20-39(24(2)22-40)34(43)29-19-28(37-32(41)26-10-14-35-15-11-26)8-9-30(29)45-25(3)7-5-6-18-44-31(23)21-38(4)33(42)27-12-16-36-17-13-27/h8-17,19,23-25,31,40H,5-7,18,20-22H2,1-4H3,(H,37,41)/t23-,24+,25-,31-/m1/s1. The monoisotopic (exact) mass is 617 g/mol. The smallest absolute Gasteiger partial charge is 0.258 e. The minimum Gasteiger partial charge on any atom is -0.490 e. The van der Waals surface area contributed by atoms with Crippen LogP contribution in [0.25, 0.3) is 0 Å². The molecule has 0 saturated heterocycles. The van der Waals surface area contributed by atoms with Crippen molar-refractivity contribution in [1.82, 2.24) is 19.8 Å². The van der Waals surface area contributed by atoms with Crippen LogP contribution >= 0.6 is 0 Å². The number of carbonyl (C=O) groups is 3. The number of carbonyl (C=O) groups excluding carboxylic acids is 3. The fourth-order valence-corrected chi connectivity index (χ4v) is 5.24. The third kappa shape index (κ3) is 9.09. The summed E-state index contributed by atoms with van der Waals surface area (Å²) >= 11 is 0. The molecule has 0 spiro atoms. The van der Waals surface area contributed by atoms with Gasteiger partial charge in [-0.2, -0.15) is 0 Å². The number of anilines is 1. The number of amides is 3. The highest BCUT2D eigenvalue weighted by atomic mass is 16.5. The molecule has 45 heavy (non-hydrogen) atoms. The van der Waals surface area contributed by atoms with Gasteiger partial charge in [0.1, 0.15) is 5.75 Å². The fraction of sp³-hybridized carbons (Fsp3) is 0.441. The van der Waals surface area contributed by atoms with Gasteiger partial charge in [-0.15, -0.1) is 0 Å². The zero-order valence-corrected chi connectivity index (χ0v) is 26.4. The number of aliphatic hydroxyl groups is 1. The Morgan fingerprint density at radius 2 is 1.71 bits per heavy atom. The zero-order valence-electron chi connectivity index (χ0n) is 26.4. The number of hydrogen-bond donors (Lipinski definition) is 2. The number of benzene rings is 1. The van der Waals surface area contributed by atoms with Gasteiger partial charge >= 0.3 is 0 Å². The van der Waals surface area contributed by atoms with E-state index in [4.69, 9.17) is 9.47 Å². The molecule has 1 aliphatic rings. The van der Waals surface area contributed by atoms with E-state index in [0.717, 1.165) is 19.3 Å². The highest BCUT2D eigenvalue weighted by Crippen LogP contribution is 2.29. The first kappa shape index (κ1) is 33.5. The maximum Gasteiger partial charge on any atom is 0.258 e. The highest BCUT2D eigenvalue weighted by Gasteiger charge is 2.31. The molecule has 2 aromatic heterocycles. The van der Waals surface area contributed by atoms with Crippen LogP contribution in [0.5, 0.6) is 5.75 Å². The molecule has 4 atom stereocenters. The predicted molar refractivity (Wildman–Crippen MR) is 170 cm³/mol. The summed E-state index contributed by atoms with van der Waals surface area (Å²) in [7, 11) is 1.74. The van der Waals surface area contributed by atoms with Gasteiger partial charge in [0, 0.05) is 74.3 Å². The average molecular weight is 618 g/mol. The molecule has 1 aromatic carbocycles. The zero-order chi connectivity index (χ0) is 32.3. The lowest BCUT2D eigenvalue weighted by molar-refractivity contribution is -0.0149. The molecule has 3 amide bonds. The Morgan fingerprint density at radius 1 is 1.04 bits per heavy atom. The Labute approximate surface area is 264 Å². The first-order valence-electron chi connectivity index (χ1n) is 15.4. The third-order valence-electron chi connectivity index (χ3n) is 7.98. The molecule has 2 N–H and O–H groups in total. The van der Waals surface area contributed by atoms with E-state index in [1.54, 1.807) is 78.6 Å². The number of nitrogens with one attached hydrogen (secondary N) is 1. The quantitative estimate of drug-likeness (QED) is 0.401. The number of pyridine rings is 2. The largest absolute Gasteiger partial charge is 0.490 e. The molecule has 11 heteroatoms. The maximum atomic E-state index is 14.3. The van der Waals surface area contributed by atoms with Gasteiger partial charge in [0.2, 0.25) is 0 Å². The van der Waals surface area contributed by atoms with Gasteiger partial charge in [0.05, 0.1) is 30.4 Å². The summed E-state index contributed by atoms with van der Waals surface area (Å²) in [6, 6.07) is 11.1. The lowest BCUT2D eigenvalue weighted by atomic mass is 10.0. The summed E-state index contributed by atoms with van der Waals surface area (Å²) in [6.07, 6.45) is 8.09. The van der Waals surface area contributed by atoms with Crippen LogP contribution in [0.4, 0.5) is 5.69 Å². The Balaban J connectivity index is 1.63. The number of aliphatic hydroxyl groups excluding tert-OH is 1. The molecular formula is C34H43N5O6. The summed E-state index contributed by atoms with van der Waals surface area (Å²) < 4.78 is 12.6. The maximum absolute atomic E-state index is 14.3. The van der Waals surface area contributed by atoms with Crippen LogP contribution in [-0.4, -0.2) is 94.2 Å². The number of rotatable bonds is 7. The Hall–Kier alpha value is -4.35. The molecule has 4 rings (SSSR count). The van der Waals surface area contributed by atoms with Crippen LogP contribution in [0.3, 0.4) is 0 Å². The van der Waals surface area contributed by atoms with Crippen molar-refractivity contribution >= 4 is 23.4 Å². The van der Waals surface area contributed by atoms with Gasteiger partial charge in [-0.1, -0.05) is 6.92 Å². The molecule has 0 unspecified atom stereocenters. The molecule has 1 aliphatic heterocycles. The molecule has 0 radical (unpaired) electrons. The summed E-state index contributed by atoms with van der Waals surface area (Å²) in [5.41, 5.74) is 1.68. The van der Waals surface area contributed by atoms with E-state index in [1.807, 2.05) is 13.8 Å². The van der Waals surface area contributed by atoms with E-state index >= 15 is 0 Å².